The molecule has 2 saturated heterocycles. The Kier molecular flexibility index (Phi) is 4.69. The summed E-state index contributed by atoms with van der Waals surface area (Å²) in [6.07, 6.45) is 7.39. The summed E-state index contributed by atoms with van der Waals surface area (Å²) in [5, 5.41) is 0. The molecule has 2 fully saturated rings. The Morgan fingerprint density at radius 3 is 2.70 bits per heavy atom. The van der Waals surface area contributed by atoms with Crippen molar-refractivity contribution >= 4 is 0 Å². The number of piperidine rings is 2. The second kappa shape index (κ2) is 6.68. The molecule has 0 bridgehead atoms. The van der Waals surface area contributed by atoms with Crippen molar-refractivity contribution in [3.8, 4) is 0 Å². The van der Waals surface area contributed by atoms with E-state index in [0.717, 1.165) is 18.5 Å². The third kappa shape index (κ3) is 3.58. The van der Waals surface area contributed by atoms with Crippen molar-refractivity contribution in [1.29, 1.82) is 0 Å². The molecule has 3 heterocycles. The van der Waals surface area contributed by atoms with E-state index in [1.165, 1.54) is 57.6 Å². The summed E-state index contributed by atoms with van der Waals surface area (Å²) >= 11 is 0. The van der Waals surface area contributed by atoms with Crippen LogP contribution < -0.4 is 0 Å². The number of hydrogen-bond donors (Lipinski definition) is 0. The van der Waals surface area contributed by atoms with Gasteiger partial charge in [-0.25, -0.2) is 0 Å². The van der Waals surface area contributed by atoms with Crippen molar-refractivity contribution in [3.05, 3.63) is 30.1 Å². The van der Waals surface area contributed by atoms with E-state index < -0.39 is 0 Å². The summed E-state index contributed by atoms with van der Waals surface area (Å²) in [4.78, 5) is 9.76. The van der Waals surface area contributed by atoms with E-state index in [2.05, 4.69) is 33.8 Å². The molecule has 0 saturated carbocycles. The SMILES string of the molecule is CC1CCCN(C2CCN(Cc3ccccn3)CC2)C1. The molecule has 0 amide bonds. The predicted octanol–water partition coefficient (Wildman–Crippen LogP) is 2.78. The van der Waals surface area contributed by atoms with Crippen LogP contribution in [0.4, 0.5) is 0 Å². The minimum Gasteiger partial charge on any atom is -0.300 e. The number of pyridine rings is 1. The molecule has 2 aliphatic rings. The summed E-state index contributed by atoms with van der Waals surface area (Å²) in [5.74, 6) is 0.898. The fourth-order valence-corrected chi connectivity index (χ4v) is 3.72. The molecule has 0 radical (unpaired) electrons. The summed E-state index contributed by atoms with van der Waals surface area (Å²) in [6.45, 7) is 8.53. The Labute approximate surface area is 123 Å². The maximum Gasteiger partial charge on any atom is 0.0543 e. The van der Waals surface area contributed by atoms with Crippen LogP contribution in [0.2, 0.25) is 0 Å². The Bertz CT molecular complexity index is 398. The molecule has 0 spiro atoms. The topological polar surface area (TPSA) is 19.4 Å². The lowest BCUT2D eigenvalue weighted by Gasteiger charge is -2.41. The molecule has 1 aromatic heterocycles. The molecule has 3 nitrogen and oxygen atoms in total. The Morgan fingerprint density at radius 2 is 2.00 bits per heavy atom. The van der Waals surface area contributed by atoms with Gasteiger partial charge in [0.05, 0.1) is 5.69 Å². The second-order valence-electron chi connectivity index (χ2n) is 6.57. The largest absolute Gasteiger partial charge is 0.300 e. The molecule has 3 heteroatoms. The molecule has 3 rings (SSSR count). The molecule has 1 atom stereocenters. The first-order valence-corrected chi connectivity index (χ1v) is 8.17. The lowest BCUT2D eigenvalue weighted by atomic mass is 9.95. The van der Waals surface area contributed by atoms with Crippen molar-refractivity contribution in [2.24, 2.45) is 5.92 Å². The first kappa shape index (κ1) is 14.0. The van der Waals surface area contributed by atoms with Crippen LogP contribution in [0.3, 0.4) is 0 Å². The fourth-order valence-electron chi connectivity index (χ4n) is 3.72. The number of aromatic nitrogens is 1. The van der Waals surface area contributed by atoms with Crippen LogP contribution in [0.1, 0.15) is 38.3 Å². The lowest BCUT2D eigenvalue weighted by Crippen LogP contribution is -2.48. The number of hydrogen-bond acceptors (Lipinski definition) is 3. The van der Waals surface area contributed by atoms with Crippen LogP contribution >= 0.6 is 0 Å². The molecular formula is C17H27N3. The Morgan fingerprint density at radius 1 is 1.15 bits per heavy atom. The average Bonchev–Trinajstić information content (AvgIpc) is 2.49. The van der Waals surface area contributed by atoms with Crippen molar-refractivity contribution in [1.82, 2.24) is 14.8 Å². The monoisotopic (exact) mass is 273 g/mol. The Balaban J connectivity index is 1.47. The van der Waals surface area contributed by atoms with Gasteiger partial charge in [-0.1, -0.05) is 13.0 Å². The van der Waals surface area contributed by atoms with Crippen LogP contribution in [0, 0.1) is 5.92 Å². The highest BCUT2D eigenvalue weighted by Gasteiger charge is 2.27. The van der Waals surface area contributed by atoms with Gasteiger partial charge in [0.2, 0.25) is 0 Å². The molecule has 1 aromatic rings. The average molecular weight is 273 g/mol. The highest BCUT2D eigenvalue weighted by Crippen LogP contribution is 2.23. The number of likely N-dealkylation sites (tertiary alicyclic amines) is 2. The summed E-state index contributed by atoms with van der Waals surface area (Å²) in [5.41, 5.74) is 1.21. The molecule has 1 unspecified atom stereocenters. The van der Waals surface area contributed by atoms with E-state index in [4.69, 9.17) is 0 Å². The number of nitrogens with zero attached hydrogens (tertiary/aromatic N) is 3. The van der Waals surface area contributed by atoms with Crippen LogP contribution in [-0.4, -0.2) is 47.0 Å². The second-order valence-corrected chi connectivity index (χ2v) is 6.57. The maximum absolute atomic E-state index is 4.44. The van der Waals surface area contributed by atoms with Gasteiger partial charge in [-0.3, -0.25) is 9.88 Å². The quantitative estimate of drug-likeness (QED) is 0.844. The standard InChI is InChI=1S/C17H27N3/c1-15-5-4-10-20(13-15)17-7-11-19(12-8-17)14-16-6-2-3-9-18-16/h2-3,6,9,15,17H,4-5,7-8,10-14H2,1H3. The molecule has 0 aromatic carbocycles. The third-order valence-corrected chi connectivity index (χ3v) is 4.87. The summed E-state index contributed by atoms with van der Waals surface area (Å²) in [6, 6.07) is 7.05. The summed E-state index contributed by atoms with van der Waals surface area (Å²) in [7, 11) is 0. The van der Waals surface area contributed by atoms with Gasteiger partial charge in [-0.05, 0) is 50.3 Å². The summed E-state index contributed by atoms with van der Waals surface area (Å²) < 4.78 is 0. The van der Waals surface area contributed by atoms with Crippen LogP contribution in [0.25, 0.3) is 0 Å². The van der Waals surface area contributed by atoms with Crippen molar-refractivity contribution in [2.45, 2.75) is 45.2 Å². The first-order chi connectivity index (χ1) is 9.81. The molecule has 0 N–H and O–H groups in total. The zero-order valence-electron chi connectivity index (χ0n) is 12.7. The van der Waals surface area contributed by atoms with Crippen molar-refractivity contribution in [2.75, 3.05) is 26.2 Å². The van der Waals surface area contributed by atoms with E-state index in [1.807, 2.05) is 12.3 Å². The molecule has 20 heavy (non-hydrogen) atoms. The predicted molar refractivity (Wildman–Crippen MR) is 82.5 cm³/mol. The fraction of sp³-hybridized carbons (Fsp3) is 0.706. The van der Waals surface area contributed by atoms with Gasteiger partial charge in [-0.15, -0.1) is 0 Å². The van der Waals surface area contributed by atoms with E-state index in [-0.39, 0.29) is 0 Å². The van der Waals surface area contributed by atoms with E-state index in [1.54, 1.807) is 0 Å². The van der Waals surface area contributed by atoms with Crippen LogP contribution in [0.5, 0.6) is 0 Å². The highest BCUT2D eigenvalue weighted by molar-refractivity contribution is 5.03. The molecule has 2 aliphatic heterocycles. The minimum absolute atomic E-state index is 0.831. The van der Waals surface area contributed by atoms with E-state index in [9.17, 15) is 0 Å². The zero-order valence-corrected chi connectivity index (χ0v) is 12.7. The smallest absolute Gasteiger partial charge is 0.0543 e. The van der Waals surface area contributed by atoms with Gasteiger partial charge in [0.15, 0.2) is 0 Å². The van der Waals surface area contributed by atoms with Crippen LogP contribution in [-0.2, 0) is 6.54 Å². The van der Waals surface area contributed by atoms with Crippen LogP contribution in [0.15, 0.2) is 24.4 Å². The van der Waals surface area contributed by atoms with E-state index in [0.29, 0.717) is 0 Å². The molecule has 0 aliphatic carbocycles. The zero-order chi connectivity index (χ0) is 13.8. The molecular weight excluding hydrogens is 246 g/mol. The minimum atomic E-state index is 0.831. The number of rotatable bonds is 3. The first-order valence-electron chi connectivity index (χ1n) is 8.17. The highest BCUT2D eigenvalue weighted by atomic mass is 15.2. The lowest BCUT2D eigenvalue weighted by molar-refractivity contribution is 0.0725. The van der Waals surface area contributed by atoms with Gasteiger partial charge in [0.25, 0.3) is 0 Å². The Hall–Kier alpha value is -0.930. The van der Waals surface area contributed by atoms with Gasteiger partial charge < -0.3 is 4.90 Å². The third-order valence-electron chi connectivity index (χ3n) is 4.87. The van der Waals surface area contributed by atoms with Gasteiger partial charge in [0, 0.05) is 38.4 Å². The van der Waals surface area contributed by atoms with Crippen molar-refractivity contribution in [3.63, 3.8) is 0 Å². The van der Waals surface area contributed by atoms with Gasteiger partial charge in [0.1, 0.15) is 0 Å². The maximum atomic E-state index is 4.44. The van der Waals surface area contributed by atoms with Crippen molar-refractivity contribution < 1.29 is 0 Å². The molecule has 110 valence electrons. The van der Waals surface area contributed by atoms with Gasteiger partial charge in [-0.2, -0.15) is 0 Å². The normalized spacial score (nSPS) is 26.8. The van der Waals surface area contributed by atoms with E-state index >= 15 is 0 Å². The van der Waals surface area contributed by atoms with Gasteiger partial charge >= 0.3 is 0 Å².